The monoisotopic (exact) mass is 324 g/mol. The van der Waals surface area contributed by atoms with Crippen LogP contribution in [0.2, 0.25) is 10.2 Å². The minimum absolute atomic E-state index is 0.156. The summed E-state index contributed by atoms with van der Waals surface area (Å²) >= 11 is 12.0. The maximum atomic E-state index is 12.1. The van der Waals surface area contributed by atoms with Crippen LogP contribution in [0, 0.1) is 0 Å². The molecular formula is C15H14Cl2N2O2. The lowest BCUT2D eigenvalue weighted by Crippen LogP contribution is -2.12. The quantitative estimate of drug-likeness (QED) is 0.828. The Hall–Kier alpha value is -1.78. The van der Waals surface area contributed by atoms with Gasteiger partial charge in [-0.2, -0.15) is 0 Å². The summed E-state index contributed by atoms with van der Waals surface area (Å²) in [6.07, 6.45) is 2.42. The molecule has 1 aromatic heterocycles. The van der Waals surface area contributed by atoms with E-state index in [0.717, 1.165) is 6.42 Å². The standard InChI is InChI=1S/C15H14Cl2N2O2/c1-2-8-21-13-6-5-10(9-12(13)16)19-15(20)11-4-3-7-18-14(11)17/h3-7,9H,2,8H2,1H3,(H,19,20). The highest BCUT2D eigenvalue weighted by Gasteiger charge is 2.12. The van der Waals surface area contributed by atoms with Gasteiger partial charge in [-0.15, -0.1) is 0 Å². The summed E-state index contributed by atoms with van der Waals surface area (Å²) in [7, 11) is 0. The first-order valence-electron chi connectivity index (χ1n) is 6.46. The molecule has 0 radical (unpaired) electrons. The van der Waals surface area contributed by atoms with Gasteiger partial charge in [0.25, 0.3) is 5.91 Å². The smallest absolute Gasteiger partial charge is 0.258 e. The lowest BCUT2D eigenvalue weighted by molar-refractivity contribution is 0.102. The van der Waals surface area contributed by atoms with Crippen molar-refractivity contribution < 1.29 is 9.53 Å². The first-order chi connectivity index (χ1) is 10.1. The Labute approximate surface area is 133 Å². The van der Waals surface area contributed by atoms with Crippen LogP contribution in [0.25, 0.3) is 0 Å². The normalized spacial score (nSPS) is 10.2. The van der Waals surface area contributed by atoms with Crippen LogP contribution in [-0.4, -0.2) is 17.5 Å². The van der Waals surface area contributed by atoms with E-state index in [1.54, 1.807) is 30.3 Å². The maximum absolute atomic E-state index is 12.1. The second-order valence-electron chi connectivity index (χ2n) is 4.29. The summed E-state index contributed by atoms with van der Waals surface area (Å²) in [6, 6.07) is 8.33. The van der Waals surface area contributed by atoms with E-state index in [0.29, 0.717) is 28.6 Å². The van der Waals surface area contributed by atoms with Gasteiger partial charge in [-0.3, -0.25) is 4.79 Å². The number of ether oxygens (including phenoxy) is 1. The number of halogens is 2. The average molecular weight is 325 g/mol. The number of carbonyl (C=O) groups is 1. The number of carbonyl (C=O) groups excluding carboxylic acids is 1. The van der Waals surface area contributed by atoms with Gasteiger partial charge >= 0.3 is 0 Å². The zero-order valence-corrected chi connectivity index (χ0v) is 12.9. The highest BCUT2D eigenvalue weighted by molar-refractivity contribution is 6.33. The molecule has 0 saturated heterocycles. The van der Waals surface area contributed by atoms with E-state index in [1.807, 2.05) is 6.92 Å². The van der Waals surface area contributed by atoms with E-state index in [1.165, 1.54) is 6.20 Å². The number of hydrogen-bond acceptors (Lipinski definition) is 3. The van der Waals surface area contributed by atoms with Crippen molar-refractivity contribution >= 4 is 34.8 Å². The third-order valence-electron chi connectivity index (χ3n) is 2.66. The first kappa shape index (κ1) is 15.6. The molecule has 0 unspecified atom stereocenters. The molecule has 0 bridgehead atoms. The summed E-state index contributed by atoms with van der Waals surface area (Å²) in [5.74, 6) is 0.252. The zero-order chi connectivity index (χ0) is 15.2. The van der Waals surface area contributed by atoms with Gasteiger partial charge in [-0.25, -0.2) is 4.98 Å². The molecule has 1 aromatic carbocycles. The van der Waals surface area contributed by atoms with Crippen LogP contribution in [0.4, 0.5) is 5.69 Å². The van der Waals surface area contributed by atoms with Gasteiger partial charge in [0.1, 0.15) is 10.9 Å². The van der Waals surface area contributed by atoms with Gasteiger partial charge < -0.3 is 10.1 Å². The van der Waals surface area contributed by atoms with Crippen LogP contribution in [-0.2, 0) is 0 Å². The van der Waals surface area contributed by atoms with Gasteiger partial charge in [0.05, 0.1) is 17.2 Å². The molecule has 1 heterocycles. The molecule has 1 N–H and O–H groups in total. The second-order valence-corrected chi connectivity index (χ2v) is 5.05. The summed E-state index contributed by atoms with van der Waals surface area (Å²) in [4.78, 5) is 16.0. The van der Waals surface area contributed by atoms with Crippen LogP contribution < -0.4 is 10.1 Å². The van der Waals surface area contributed by atoms with Gasteiger partial charge in [0.15, 0.2) is 0 Å². The number of anilines is 1. The Morgan fingerprint density at radius 2 is 2.14 bits per heavy atom. The molecule has 2 aromatic rings. The van der Waals surface area contributed by atoms with E-state index in [2.05, 4.69) is 10.3 Å². The number of pyridine rings is 1. The molecule has 0 aliphatic heterocycles. The Bertz CT molecular complexity index is 647. The topological polar surface area (TPSA) is 51.2 Å². The lowest BCUT2D eigenvalue weighted by Gasteiger charge is -2.10. The highest BCUT2D eigenvalue weighted by Crippen LogP contribution is 2.28. The second kappa shape index (κ2) is 7.29. The Morgan fingerprint density at radius 3 is 2.81 bits per heavy atom. The number of nitrogens with one attached hydrogen (secondary N) is 1. The molecule has 21 heavy (non-hydrogen) atoms. The minimum Gasteiger partial charge on any atom is -0.492 e. The van der Waals surface area contributed by atoms with Gasteiger partial charge in [-0.1, -0.05) is 30.1 Å². The Balaban J connectivity index is 2.11. The van der Waals surface area contributed by atoms with Gasteiger partial charge in [0, 0.05) is 11.9 Å². The summed E-state index contributed by atoms with van der Waals surface area (Å²) in [5, 5.41) is 3.32. The summed E-state index contributed by atoms with van der Waals surface area (Å²) in [6.45, 7) is 2.61. The molecule has 0 fully saturated rings. The molecule has 0 aliphatic carbocycles. The number of nitrogens with zero attached hydrogens (tertiary/aromatic N) is 1. The fourth-order valence-corrected chi connectivity index (χ4v) is 2.10. The lowest BCUT2D eigenvalue weighted by atomic mass is 10.2. The fraction of sp³-hybridized carbons (Fsp3) is 0.200. The van der Waals surface area contributed by atoms with Crippen molar-refractivity contribution in [2.45, 2.75) is 13.3 Å². The molecule has 6 heteroatoms. The van der Waals surface area contributed by atoms with Crippen LogP contribution in [0.3, 0.4) is 0 Å². The number of benzene rings is 1. The molecule has 0 atom stereocenters. The number of amides is 1. The van der Waals surface area contributed by atoms with E-state index in [9.17, 15) is 4.79 Å². The van der Waals surface area contributed by atoms with Crippen molar-refractivity contribution in [3.63, 3.8) is 0 Å². The molecule has 2 rings (SSSR count). The largest absolute Gasteiger partial charge is 0.492 e. The van der Waals surface area contributed by atoms with Crippen LogP contribution in [0.15, 0.2) is 36.5 Å². The molecule has 110 valence electrons. The van der Waals surface area contributed by atoms with Crippen molar-refractivity contribution in [1.82, 2.24) is 4.98 Å². The summed E-state index contributed by atoms with van der Waals surface area (Å²) in [5.41, 5.74) is 0.871. The molecule has 0 saturated carbocycles. The van der Waals surface area contributed by atoms with Crippen molar-refractivity contribution in [3.8, 4) is 5.75 Å². The van der Waals surface area contributed by atoms with Crippen molar-refractivity contribution in [3.05, 3.63) is 52.3 Å². The predicted molar refractivity (Wildman–Crippen MR) is 84.4 cm³/mol. The Morgan fingerprint density at radius 1 is 1.33 bits per heavy atom. The average Bonchev–Trinajstić information content (AvgIpc) is 2.47. The number of hydrogen-bond donors (Lipinski definition) is 1. The predicted octanol–water partition coefficient (Wildman–Crippen LogP) is 4.43. The van der Waals surface area contributed by atoms with Gasteiger partial charge in [-0.05, 0) is 36.8 Å². The van der Waals surface area contributed by atoms with Crippen molar-refractivity contribution in [2.24, 2.45) is 0 Å². The molecule has 0 spiro atoms. The molecule has 0 aliphatic rings. The fourth-order valence-electron chi connectivity index (χ4n) is 1.66. The molecule has 1 amide bonds. The Kier molecular flexibility index (Phi) is 5.42. The van der Waals surface area contributed by atoms with Crippen LogP contribution in [0.5, 0.6) is 5.75 Å². The minimum atomic E-state index is -0.341. The van der Waals surface area contributed by atoms with Crippen LogP contribution in [0.1, 0.15) is 23.7 Å². The van der Waals surface area contributed by atoms with E-state index < -0.39 is 0 Å². The highest BCUT2D eigenvalue weighted by atomic mass is 35.5. The zero-order valence-electron chi connectivity index (χ0n) is 11.4. The summed E-state index contributed by atoms with van der Waals surface area (Å²) < 4.78 is 5.47. The van der Waals surface area contributed by atoms with E-state index >= 15 is 0 Å². The van der Waals surface area contributed by atoms with E-state index in [4.69, 9.17) is 27.9 Å². The van der Waals surface area contributed by atoms with Crippen LogP contribution >= 0.6 is 23.2 Å². The van der Waals surface area contributed by atoms with Crippen molar-refractivity contribution in [2.75, 3.05) is 11.9 Å². The maximum Gasteiger partial charge on any atom is 0.258 e. The molecular weight excluding hydrogens is 311 g/mol. The van der Waals surface area contributed by atoms with E-state index in [-0.39, 0.29) is 11.1 Å². The first-order valence-corrected chi connectivity index (χ1v) is 7.21. The number of rotatable bonds is 5. The third-order valence-corrected chi connectivity index (χ3v) is 3.25. The third kappa shape index (κ3) is 4.09. The molecule has 4 nitrogen and oxygen atoms in total. The van der Waals surface area contributed by atoms with Crippen molar-refractivity contribution in [1.29, 1.82) is 0 Å². The number of aromatic nitrogens is 1. The van der Waals surface area contributed by atoms with Gasteiger partial charge in [0.2, 0.25) is 0 Å². The SMILES string of the molecule is CCCOc1ccc(NC(=O)c2cccnc2Cl)cc1Cl.